The van der Waals surface area contributed by atoms with Gasteiger partial charge in [-0.1, -0.05) is 11.6 Å². The number of halogens is 1. The Hall–Kier alpha value is -2.74. The molecule has 2 rings (SSSR count). The number of aromatic nitrogens is 2. The third-order valence-electron chi connectivity index (χ3n) is 2.84. The Morgan fingerprint density at radius 2 is 2.17 bits per heavy atom. The zero-order chi connectivity index (χ0) is 17.0. The molecule has 2 aromatic rings. The number of ether oxygens (including phenoxy) is 1. The van der Waals surface area contributed by atoms with Gasteiger partial charge in [0.05, 0.1) is 5.69 Å². The van der Waals surface area contributed by atoms with Gasteiger partial charge in [-0.25, -0.2) is 4.98 Å². The Kier molecular flexibility index (Phi) is 5.07. The predicted octanol–water partition coefficient (Wildman–Crippen LogP) is 2.75. The van der Waals surface area contributed by atoms with E-state index < -0.39 is 22.8 Å². The summed E-state index contributed by atoms with van der Waals surface area (Å²) < 4.78 is 5.36. The van der Waals surface area contributed by atoms with Crippen molar-refractivity contribution in [3.63, 3.8) is 0 Å². The van der Waals surface area contributed by atoms with E-state index in [4.69, 9.17) is 16.3 Å². The van der Waals surface area contributed by atoms with Crippen LogP contribution in [0.5, 0.6) is 5.75 Å². The van der Waals surface area contributed by atoms with Gasteiger partial charge >= 0.3 is 5.82 Å². The number of anilines is 1. The monoisotopic (exact) mass is 336 g/mol. The van der Waals surface area contributed by atoms with E-state index in [2.05, 4.69) is 15.3 Å². The maximum atomic E-state index is 12.1. The summed E-state index contributed by atoms with van der Waals surface area (Å²) in [4.78, 5) is 30.1. The largest absolute Gasteiger partial charge is 0.473 e. The summed E-state index contributed by atoms with van der Waals surface area (Å²) in [6.07, 6.45) is 0.494. The molecule has 0 radical (unpaired) electrons. The first-order chi connectivity index (χ1) is 10.9. The van der Waals surface area contributed by atoms with E-state index in [1.54, 1.807) is 25.1 Å². The lowest BCUT2D eigenvalue weighted by Gasteiger charge is -2.14. The van der Waals surface area contributed by atoms with Crippen molar-refractivity contribution >= 4 is 29.0 Å². The number of aryl methyl sites for hydroxylation is 1. The van der Waals surface area contributed by atoms with Crippen molar-refractivity contribution in [3.8, 4) is 5.75 Å². The average Bonchev–Trinajstić information content (AvgIpc) is 2.51. The van der Waals surface area contributed by atoms with Crippen molar-refractivity contribution < 1.29 is 14.5 Å². The number of pyridine rings is 2. The molecule has 0 spiro atoms. The lowest BCUT2D eigenvalue weighted by atomic mass is 10.3. The molecule has 8 nitrogen and oxygen atoms in total. The fourth-order valence-electron chi connectivity index (χ4n) is 1.71. The van der Waals surface area contributed by atoms with Gasteiger partial charge in [-0.3, -0.25) is 4.79 Å². The predicted molar refractivity (Wildman–Crippen MR) is 83.6 cm³/mol. The first-order valence-corrected chi connectivity index (χ1v) is 6.96. The Morgan fingerprint density at radius 1 is 1.43 bits per heavy atom. The van der Waals surface area contributed by atoms with Crippen molar-refractivity contribution in [2.75, 3.05) is 5.32 Å². The molecule has 1 atom stereocenters. The molecule has 0 bridgehead atoms. The summed E-state index contributed by atoms with van der Waals surface area (Å²) in [5.74, 6) is -1.04. The summed E-state index contributed by atoms with van der Waals surface area (Å²) in [6, 6.07) is 6.16. The van der Waals surface area contributed by atoms with Crippen molar-refractivity contribution in [3.05, 3.63) is 51.4 Å². The van der Waals surface area contributed by atoms with Crippen LogP contribution >= 0.6 is 11.6 Å². The summed E-state index contributed by atoms with van der Waals surface area (Å²) in [5.41, 5.74) is 0.800. The molecule has 0 fully saturated rings. The molecule has 2 heterocycles. The van der Waals surface area contributed by atoms with Crippen LogP contribution in [0.3, 0.4) is 0 Å². The molecule has 23 heavy (non-hydrogen) atoms. The summed E-state index contributed by atoms with van der Waals surface area (Å²) in [7, 11) is 0. The van der Waals surface area contributed by atoms with E-state index in [0.29, 0.717) is 11.4 Å². The molecule has 0 aliphatic carbocycles. The van der Waals surface area contributed by atoms with Crippen LogP contribution < -0.4 is 10.1 Å². The molecule has 0 aliphatic heterocycles. The van der Waals surface area contributed by atoms with E-state index in [1.165, 1.54) is 19.2 Å². The lowest BCUT2D eigenvalue weighted by molar-refractivity contribution is -0.390. The van der Waals surface area contributed by atoms with Crippen LogP contribution in [-0.4, -0.2) is 26.9 Å². The highest BCUT2D eigenvalue weighted by Gasteiger charge is 2.23. The number of nitrogens with one attached hydrogen (secondary N) is 1. The molecular formula is C14H13ClN4O4. The first kappa shape index (κ1) is 16.6. The number of nitrogens with zero attached hydrogens (tertiary/aromatic N) is 3. The molecule has 120 valence electrons. The maximum Gasteiger partial charge on any atom is 0.406 e. The molecule has 9 heteroatoms. The molecule has 0 aliphatic rings. The van der Waals surface area contributed by atoms with Crippen LogP contribution in [0, 0.1) is 17.0 Å². The SMILES string of the molecule is Cc1ccc(O[C@@H](C)C(=O)Nc2cccnc2Cl)c([N+](=O)[O-])n1. The molecule has 1 N–H and O–H groups in total. The van der Waals surface area contributed by atoms with Crippen LogP contribution in [0.4, 0.5) is 11.5 Å². The van der Waals surface area contributed by atoms with Gasteiger partial charge in [0.25, 0.3) is 5.91 Å². The van der Waals surface area contributed by atoms with Crippen molar-refractivity contribution in [2.45, 2.75) is 20.0 Å². The van der Waals surface area contributed by atoms with Gasteiger partial charge in [-0.15, -0.1) is 0 Å². The van der Waals surface area contributed by atoms with Crippen LogP contribution in [0.15, 0.2) is 30.5 Å². The van der Waals surface area contributed by atoms with Crippen LogP contribution in [0.25, 0.3) is 0 Å². The quantitative estimate of drug-likeness (QED) is 0.511. The third-order valence-corrected chi connectivity index (χ3v) is 3.14. The van der Waals surface area contributed by atoms with E-state index in [0.717, 1.165) is 0 Å². The minimum atomic E-state index is -0.991. The third kappa shape index (κ3) is 4.13. The first-order valence-electron chi connectivity index (χ1n) is 6.58. The van der Waals surface area contributed by atoms with Crippen molar-refractivity contribution in [1.82, 2.24) is 9.97 Å². The second-order valence-electron chi connectivity index (χ2n) is 4.62. The van der Waals surface area contributed by atoms with Gasteiger partial charge in [0.2, 0.25) is 5.75 Å². The van der Waals surface area contributed by atoms with Gasteiger partial charge < -0.3 is 20.2 Å². The second-order valence-corrected chi connectivity index (χ2v) is 4.98. The van der Waals surface area contributed by atoms with Crippen LogP contribution in [-0.2, 0) is 4.79 Å². The fourth-order valence-corrected chi connectivity index (χ4v) is 1.88. The Balaban J connectivity index is 2.13. The topological polar surface area (TPSA) is 107 Å². The number of carbonyl (C=O) groups excluding carboxylic acids is 1. The highest BCUT2D eigenvalue weighted by molar-refractivity contribution is 6.32. The number of rotatable bonds is 5. The van der Waals surface area contributed by atoms with Crippen LogP contribution in [0.1, 0.15) is 12.6 Å². The fraction of sp³-hybridized carbons (Fsp3) is 0.214. The van der Waals surface area contributed by atoms with Crippen molar-refractivity contribution in [1.29, 1.82) is 0 Å². The number of carbonyl (C=O) groups is 1. The zero-order valence-corrected chi connectivity index (χ0v) is 13.1. The summed E-state index contributed by atoms with van der Waals surface area (Å²) in [5, 5.41) is 13.7. The van der Waals surface area contributed by atoms with Gasteiger partial charge in [0, 0.05) is 13.1 Å². The smallest absolute Gasteiger partial charge is 0.406 e. The second kappa shape index (κ2) is 7.01. The zero-order valence-electron chi connectivity index (χ0n) is 12.3. The highest BCUT2D eigenvalue weighted by atomic mass is 35.5. The van der Waals surface area contributed by atoms with Gasteiger partial charge in [-0.2, -0.15) is 0 Å². The lowest BCUT2D eigenvalue weighted by Crippen LogP contribution is -2.30. The number of hydrogen-bond donors (Lipinski definition) is 1. The number of amides is 1. The molecule has 0 saturated carbocycles. The van der Waals surface area contributed by atoms with E-state index in [1.807, 2.05) is 0 Å². The normalized spacial score (nSPS) is 11.6. The summed E-state index contributed by atoms with van der Waals surface area (Å²) in [6.45, 7) is 3.08. The number of hydrogen-bond acceptors (Lipinski definition) is 6. The average molecular weight is 337 g/mol. The molecule has 0 aromatic carbocycles. The Morgan fingerprint density at radius 3 is 2.83 bits per heavy atom. The molecule has 2 aromatic heterocycles. The highest BCUT2D eigenvalue weighted by Crippen LogP contribution is 2.26. The van der Waals surface area contributed by atoms with E-state index >= 15 is 0 Å². The minimum Gasteiger partial charge on any atom is -0.473 e. The van der Waals surface area contributed by atoms with Gasteiger partial charge in [0.15, 0.2) is 11.3 Å². The minimum absolute atomic E-state index is 0.0828. The van der Waals surface area contributed by atoms with E-state index in [-0.39, 0.29) is 10.9 Å². The Bertz CT molecular complexity index is 753. The standard InChI is InChI=1S/C14H13ClN4O4/c1-8-5-6-11(13(17-8)19(21)22)23-9(2)14(20)18-10-4-3-7-16-12(10)15/h3-7,9H,1-2H3,(H,18,20)/t9-/m0/s1. The van der Waals surface area contributed by atoms with Gasteiger partial charge in [0.1, 0.15) is 5.69 Å². The molecular weight excluding hydrogens is 324 g/mol. The maximum absolute atomic E-state index is 12.1. The van der Waals surface area contributed by atoms with Crippen molar-refractivity contribution in [2.24, 2.45) is 0 Å². The summed E-state index contributed by atoms with van der Waals surface area (Å²) >= 11 is 5.85. The Labute approximate surface area is 136 Å². The molecule has 0 unspecified atom stereocenters. The number of nitro groups is 1. The van der Waals surface area contributed by atoms with E-state index in [9.17, 15) is 14.9 Å². The van der Waals surface area contributed by atoms with Crippen LogP contribution in [0.2, 0.25) is 5.15 Å². The molecule has 1 amide bonds. The molecule has 0 saturated heterocycles. The van der Waals surface area contributed by atoms with Gasteiger partial charge in [-0.05, 0) is 41.1 Å².